The van der Waals surface area contributed by atoms with Gasteiger partial charge in [-0.15, -0.1) is 0 Å². The fourth-order valence-corrected chi connectivity index (χ4v) is 5.71. The monoisotopic (exact) mass is 330 g/mol. The van der Waals surface area contributed by atoms with Crippen LogP contribution in [0.2, 0.25) is 0 Å². The van der Waals surface area contributed by atoms with Crippen molar-refractivity contribution in [2.24, 2.45) is 11.8 Å². The second-order valence-electron chi connectivity index (χ2n) is 8.93. The molecule has 0 radical (unpaired) electrons. The van der Waals surface area contributed by atoms with Crippen LogP contribution in [-0.2, 0) is 11.8 Å². The minimum absolute atomic E-state index is 0.246. The first-order chi connectivity index (χ1) is 12.0. The van der Waals surface area contributed by atoms with Gasteiger partial charge in [0.1, 0.15) is 0 Å². The van der Waals surface area contributed by atoms with Gasteiger partial charge in [-0.1, -0.05) is 43.7 Å². The quantitative estimate of drug-likeness (QED) is 0.618. The van der Waals surface area contributed by atoms with E-state index in [9.17, 15) is 4.79 Å². The molecule has 2 unspecified atom stereocenters. The van der Waals surface area contributed by atoms with Crippen LogP contribution < -0.4 is 0 Å². The molecule has 25 heavy (non-hydrogen) atoms. The Labute approximate surface area is 150 Å². The Morgan fingerprint density at radius 3 is 2.76 bits per heavy atom. The number of hydrogen-bond acceptors (Lipinski definition) is 1. The molecule has 2 bridgehead atoms. The van der Waals surface area contributed by atoms with E-state index in [-0.39, 0.29) is 5.41 Å². The molecule has 1 heteroatoms. The molecule has 1 saturated carbocycles. The average molecular weight is 330 g/mol. The van der Waals surface area contributed by atoms with Gasteiger partial charge < -0.3 is 0 Å². The number of ketones is 1. The van der Waals surface area contributed by atoms with Crippen molar-refractivity contribution in [2.75, 3.05) is 0 Å². The molecule has 3 aliphatic carbocycles. The standard InChI is InChI=1S/C24H26O/c1-15(2)9-16-3-5-18-12-21-22(13-19(18)10-16)24(8-7-23(21)25)14-17-4-6-20(24)11-17/h3-5,10,12-13,15,20H,6-9,11,14H2,1-2H3. The van der Waals surface area contributed by atoms with Crippen LogP contribution in [0, 0.1) is 11.8 Å². The second kappa shape index (κ2) is 5.30. The van der Waals surface area contributed by atoms with Gasteiger partial charge in [-0.3, -0.25) is 4.79 Å². The number of rotatable bonds is 2. The van der Waals surface area contributed by atoms with E-state index in [0.29, 0.717) is 11.7 Å². The van der Waals surface area contributed by atoms with Gasteiger partial charge in [-0.05, 0) is 78.0 Å². The van der Waals surface area contributed by atoms with E-state index in [1.807, 2.05) is 0 Å². The van der Waals surface area contributed by atoms with Crippen LogP contribution >= 0.6 is 0 Å². The maximum absolute atomic E-state index is 12.7. The van der Waals surface area contributed by atoms with E-state index in [2.05, 4.69) is 50.3 Å². The lowest BCUT2D eigenvalue weighted by Crippen LogP contribution is -2.37. The van der Waals surface area contributed by atoms with Gasteiger partial charge >= 0.3 is 0 Å². The topological polar surface area (TPSA) is 17.1 Å². The number of fused-ring (bicyclic) bond motifs is 6. The smallest absolute Gasteiger partial charge is 0.163 e. The Hall–Kier alpha value is -1.89. The Morgan fingerprint density at radius 2 is 2.04 bits per heavy atom. The summed E-state index contributed by atoms with van der Waals surface area (Å²) < 4.78 is 0. The van der Waals surface area contributed by atoms with Gasteiger partial charge in [0.15, 0.2) is 5.78 Å². The fraction of sp³-hybridized carbons (Fsp3) is 0.458. The number of allylic oxidation sites excluding steroid dienone is 2. The Kier molecular flexibility index (Phi) is 3.26. The first kappa shape index (κ1) is 15.4. The van der Waals surface area contributed by atoms with Gasteiger partial charge in [0.25, 0.3) is 0 Å². The minimum Gasteiger partial charge on any atom is -0.294 e. The summed E-state index contributed by atoms with van der Waals surface area (Å²) in [5.74, 6) is 1.75. The van der Waals surface area contributed by atoms with Gasteiger partial charge in [0.05, 0.1) is 0 Å². The number of hydrogen-bond donors (Lipinski definition) is 0. The molecule has 0 saturated heterocycles. The zero-order valence-electron chi connectivity index (χ0n) is 15.3. The second-order valence-corrected chi connectivity index (χ2v) is 8.93. The molecule has 5 rings (SSSR count). The number of carbonyl (C=O) groups is 1. The first-order valence-corrected chi connectivity index (χ1v) is 9.83. The molecule has 0 heterocycles. The predicted octanol–water partition coefficient (Wildman–Crippen LogP) is 5.99. The van der Waals surface area contributed by atoms with Gasteiger partial charge in [0, 0.05) is 17.4 Å². The van der Waals surface area contributed by atoms with Crippen molar-refractivity contribution < 1.29 is 4.79 Å². The predicted molar refractivity (Wildman–Crippen MR) is 103 cm³/mol. The lowest BCUT2D eigenvalue weighted by atomic mass is 9.62. The summed E-state index contributed by atoms with van der Waals surface area (Å²) >= 11 is 0. The summed E-state index contributed by atoms with van der Waals surface area (Å²) in [6.07, 6.45) is 9.02. The van der Waals surface area contributed by atoms with Crippen molar-refractivity contribution in [3.05, 3.63) is 58.7 Å². The maximum atomic E-state index is 12.7. The van der Waals surface area contributed by atoms with Gasteiger partial charge in [0.2, 0.25) is 0 Å². The van der Waals surface area contributed by atoms with Gasteiger partial charge in [-0.2, -0.15) is 0 Å². The lowest BCUT2D eigenvalue weighted by molar-refractivity contribution is 0.0940. The molecule has 1 nitrogen and oxygen atoms in total. The van der Waals surface area contributed by atoms with Crippen LogP contribution in [0.1, 0.15) is 67.4 Å². The van der Waals surface area contributed by atoms with Crippen LogP contribution in [0.4, 0.5) is 0 Å². The molecule has 2 aromatic rings. The molecule has 2 atom stereocenters. The Balaban J connectivity index is 1.69. The van der Waals surface area contributed by atoms with Crippen LogP contribution in [0.15, 0.2) is 42.0 Å². The molecule has 1 fully saturated rings. The minimum atomic E-state index is 0.246. The summed E-state index contributed by atoms with van der Waals surface area (Å²) in [5.41, 5.74) is 5.68. The van der Waals surface area contributed by atoms with Crippen LogP contribution in [0.5, 0.6) is 0 Å². The maximum Gasteiger partial charge on any atom is 0.163 e. The third-order valence-electron chi connectivity index (χ3n) is 6.84. The van der Waals surface area contributed by atoms with E-state index >= 15 is 0 Å². The molecule has 0 N–H and O–H groups in total. The Bertz CT molecular complexity index is 917. The van der Waals surface area contributed by atoms with Crippen LogP contribution in [-0.4, -0.2) is 5.78 Å². The van der Waals surface area contributed by atoms with Crippen LogP contribution in [0.3, 0.4) is 0 Å². The molecule has 3 aliphatic rings. The zero-order chi connectivity index (χ0) is 17.2. The Morgan fingerprint density at radius 1 is 1.16 bits per heavy atom. The normalized spacial score (nSPS) is 27.4. The fourth-order valence-electron chi connectivity index (χ4n) is 5.71. The summed E-state index contributed by atoms with van der Waals surface area (Å²) in [4.78, 5) is 12.7. The van der Waals surface area contributed by atoms with Crippen molar-refractivity contribution in [1.29, 1.82) is 0 Å². The van der Waals surface area contributed by atoms with Crippen molar-refractivity contribution in [3.63, 3.8) is 0 Å². The summed E-state index contributed by atoms with van der Waals surface area (Å²) in [6, 6.07) is 11.4. The largest absolute Gasteiger partial charge is 0.294 e. The van der Waals surface area contributed by atoms with Crippen LogP contribution in [0.25, 0.3) is 10.8 Å². The molecule has 2 aromatic carbocycles. The summed E-state index contributed by atoms with van der Waals surface area (Å²) in [5, 5.41) is 2.54. The highest BCUT2D eigenvalue weighted by Crippen LogP contribution is 2.58. The summed E-state index contributed by atoms with van der Waals surface area (Å²) in [6.45, 7) is 4.54. The highest BCUT2D eigenvalue weighted by Gasteiger charge is 2.51. The molecule has 0 amide bonds. The number of carbonyl (C=O) groups excluding carboxylic acids is 1. The molecule has 1 spiro atoms. The lowest BCUT2D eigenvalue weighted by Gasteiger charge is -2.41. The van der Waals surface area contributed by atoms with Gasteiger partial charge in [-0.25, -0.2) is 0 Å². The van der Waals surface area contributed by atoms with E-state index < -0.39 is 0 Å². The highest BCUT2D eigenvalue weighted by molar-refractivity contribution is 6.03. The highest BCUT2D eigenvalue weighted by atomic mass is 16.1. The first-order valence-electron chi connectivity index (χ1n) is 9.83. The van der Waals surface area contributed by atoms with Crippen molar-refractivity contribution >= 4 is 16.6 Å². The molecular weight excluding hydrogens is 304 g/mol. The SMILES string of the molecule is CC(C)Cc1ccc2cc3c(cc2c1)C1(CCC3=O)CC2=CCC1C2. The third-order valence-corrected chi connectivity index (χ3v) is 6.84. The number of benzene rings is 2. The van der Waals surface area contributed by atoms with Crippen molar-refractivity contribution in [3.8, 4) is 0 Å². The molecule has 0 aliphatic heterocycles. The number of Topliss-reactive ketones (excluding diaryl/α,β-unsaturated/α-hetero) is 1. The molecule has 0 aromatic heterocycles. The molecular formula is C24H26O. The zero-order valence-corrected chi connectivity index (χ0v) is 15.3. The summed E-state index contributed by atoms with van der Waals surface area (Å²) in [7, 11) is 0. The van der Waals surface area contributed by atoms with E-state index in [1.165, 1.54) is 41.2 Å². The third kappa shape index (κ3) is 2.25. The average Bonchev–Trinajstić information content (AvgIpc) is 3.18. The van der Waals surface area contributed by atoms with E-state index in [0.717, 1.165) is 30.7 Å². The van der Waals surface area contributed by atoms with E-state index in [1.54, 1.807) is 5.57 Å². The van der Waals surface area contributed by atoms with Crippen molar-refractivity contribution in [1.82, 2.24) is 0 Å². The molecule has 128 valence electrons. The van der Waals surface area contributed by atoms with E-state index in [4.69, 9.17) is 0 Å². The van der Waals surface area contributed by atoms with Crippen molar-refractivity contribution in [2.45, 2.75) is 57.8 Å².